The summed E-state index contributed by atoms with van der Waals surface area (Å²) in [5.41, 5.74) is 0. The molecule has 2 saturated heterocycles. The van der Waals surface area contributed by atoms with Crippen LogP contribution in [0.4, 0.5) is 0 Å². The van der Waals surface area contributed by atoms with Crippen molar-refractivity contribution in [2.24, 2.45) is 5.92 Å². The molecule has 3 atom stereocenters. The average molecular weight is 253 g/mol. The number of likely N-dealkylation sites (tertiary alicyclic amines) is 2. The molecule has 0 aromatic rings. The van der Waals surface area contributed by atoms with Crippen molar-refractivity contribution in [3.05, 3.63) is 0 Å². The first kappa shape index (κ1) is 14.3. The van der Waals surface area contributed by atoms with E-state index in [1.165, 1.54) is 38.9 Å². The third-order valence-corrected chi connectivity index (χ3v) is 5.24. The molecular formula is C15H31N3. The molecule has 2 aliphatic heterocycles. The van der Waals surface area contributed by atoms with E-state index in [2.05, 4.69) is 42.9 Å². The Morgan fingerprint density at radius 1 is 1.06 bits per heavy atom. The summed E-state index contributed by atoms with van der Waals surface area (Å²) in [6.07, 6.45) is 4.05. The van der Waals surface area contributed by atoms with Gasteiger partial charge < -0.3 is 10.2 Å². The number of nitrogens with one attached hydrogen (secondary N) is 1. The fourth-order valence-electron chi connectivity index (χ4n) is 3.78. The maximum atomic E-state index is 3.66. The summed E-state index contributed by atoms with van der Waals surface area (Å²) in [7, 11) is 2.25. The molecule has 106 valence electrons. The zero-order chi connectivity index (χ0) is 13.1. The Kier molecular flexibility index (Phi) is 5.05. The normalized spacial score (nSPS) is 37.0. The molecule has 0 saturated carbocycles. The van der Waals surface area contributed by atoms with Crippen LogP contribution < -0.4 is 5.32 Å². The second-order valence-corrected chi connectivity index (χ2v) is 6.32. The lowest BCUT2D eigenvalue weighted by atomic mass is 9.85. The first-order chi connectivity index (χ1) is 8.63. The SMILES string of the molecule is CCNC1CCN(C2CCN(C)CC2)C(C)C1C. The molecular weight excluding hydrogens is 222 g/mol. The van der Waals surface area contributed by atoms with Gasteiger partial charge >= 0.3 is 0 Å². The average Bonchev–Trinajstić information content (AvgIpc) is 2.37. The van der Waals surface area contributed by atoms with Crippen LogP contribution in [0.15, 0.2) is 0 Å². The Morgan fingerprint density at radius 2 is 1.72 bits per heavy atom. The Balaban J connectivity index is 1.91. The van der Waals surface area contributed by atoms with Gasteiger partial charge in [-0.1, -0.05) is 13.8 Å². The van der Waals surface area contributed by atoms with Gasteiger partial charge in [-0.3, -0.25) is 4.90 Å². The fourth-order valence-corrected chi connectivity index (χ4v) is 3.78. The first-order valence-corrected chi connectivity index (χ1v) is 7.81. The second kappa shape index (κ2) is 6.36. The summed E-state index contributed by atoms with van der Waals surface area (Å²) in [6, 6.07) is 2.30. The zero-order valence-corrected chi connectivity index (χ0v) is 12.7. The minimum absolute atomic E-state index is 0.729. The maximum absolute atomic E-state index is 3.66. The van der Waals surface area contributed by atoms with E-state index in [0.717, 1.165) is 30.6 Å². The summed E-state index contributed by atoms with van der Waals surface area (Å²) in [4.78, 5) is 5.27. The fraction of sp³-hybridized carbons (Fsp3) is 1.00. The number of rotatable bonds is 3. The van der Waals surface area contributed by atoms with E-state index in [9.17, 15) is 0 Å². The van der Waals surface area contributed by atoms with Crippen LogP contribution in [0.5, 0.6) is 0 Å². The van der Waals surface area contributed by atoms with Crippen LogP contribution in [0.25, 0.3) is 0 Å². The van der Waals surface area contributed by atoms with Gasteiger partial charge in [-0.2, -0.15) is 0 Å². The topological polar surface area (TPSA) is 18.5 Å². The molecule has 2 heterocycles. The van der Waals surface area contributed by atoms with E-state index < -0.39 is 0 Å². The van der Waals surface area contributed by atoms with Crippen LogP contribution in [0.3, 0.4) is 0 Å². The van der Waals surface area contributed by atoms with Crippen molar-refractivity contribution in [1.29, 1.82) is 0 Å². The summed E-state index contributed by atoms with van der Waals surface area (Å²) in [6.45, 7) is 12.0. The van der Waals surface area contributed by atoms with Crippen LogP contribution in [-0.4, -0.2) is 61.2 Å². The lowest BCUT2D eigenvalue weighted by molar-refractivity contribution is 0.0223. The van der Waals surface area contributed by atoms with Crippen LogP contribution in [0.1, 0.15) is 40.0 Å². The molecule has 18 heavy (non-hydrogen) atoms. The summed E-state index contributed by atoms with van der Waals surface area (Å²) >= 11 is 0. The van der Waals surface area contributed by atoms with Gasteiger partial charge in [0.2, 0.25) is 0 Å². The van der Waals surface area contributed by atoms with Gasteiger partial charge in [0.05, 0.1) is 0 Å². The number of hydrogen-bond acceptors (Lipinski definition) is 3. The van der Waals surface area contributed by atoms with Crippen molar-refractivity contribution < 1.29 is 0 Å². The van der Waals surface area contributed by atoms with Crippen molar-refractivity contribution in [1.82, 2.24) is 15.1 Å². The maximum Gasteiger partial charge on any atom is 0.0123 e. The molecule has 2 aliphatic rings. The third kappa shape index (κ3) is 3.06. The molecule has 0 spiro atoms. The van der Waals surface area contributed by atoms with E-state index in [-0.39, 0.29) is 0 Å². The summed E-state index contributed by atoms with van der Waals surface area (Å²) in [5.74, 6) is 0.776. The van der Waals surface area contributed by atoms with Crippen molar-refractivity contribution in [2.75, 3.05) is 33.2 Å². The van der Waals surface area contributed by atoms with Gasteiger partial charge in [0, 0.05) is 24.7 Å². The molecule has 3 unspecified atom stereocenters. The van der Waals surface area contributed by atoms with Crippen LogP contribution in [0.2, 0.25) is 0 Å². The molecule has 2 rings (SSSR count). The Morgan fingerprint density at radius 3 is 2.33 bits per heavy atom. The molecule has 0 aromatic carbocycles. The van der Waals surface area contributed by atoms with Crippen molar-refractivity contribution in [3.63, 3.8) is 0 Å². The molecule has 2 fully saturated rings. The highest BCUT2D eigenvalue weighted by Crippen LogP contribution is 2.28. The van der Waals surface area contributed by atoms with Gasteiger partial charge in [-0.05, 0) is 58.8 Å². The highest BCUT2D eigenvalue weighted by molar-refractivity contribution is 4.92. The zero-order valence-electron chi connectivity index (χ0n) is 12.7. The molecule has 0 radical (unpaired) electrons. The molecule has 0 aliphatic carbocycles. The largest absolute Gasteiger partial charge is 0.314 e. The van der Waals surface area contributed by atoms with E-state index in [4.69, 9.17) is 0 Å². The highest BCUT2D eigenvalue weighted by atomic mass is 15.2. The summed E-state index contributed by atoms with van der Waals surface area (Å²) in [5, 5.41) is 3.66. The van der Waals surface area contributed by atoms with Crippen molar-refractivity contribution >= 4 is 0 Å². The van der Waals surface area contributed by atoms with Gasteiger partial charge in [0.15, 0.2) is 0 Å². The lowest BCUT2D eigenvalue weighted by Crippen LogP contribution is -2.57. The standard InChI is InChI=1S/C15H31N3/c1-5-16-15-8-11-18(13(3)12(15)2)14-6-9-17(4)10-7-14/h12-16H,5-11H2,1-4H3. The minimum Gasteiger partial charge on any atom is -0.314 e. The van der Waals surface area contributed by atoms with Crippen LogP contribution in [0, 0.1) is 5.92 Å². The van der Waals surface area contributed by atoms with Gasteiger partial charge in [0.1, 0.15) is 0 Å². The number of nitrogens with zero attached hydrogens (tertiary/aromatic N) is 2. The molecule has 0 amide bonds. The van der Waals surface area contributed by atoms with E-state index in [1.54, 1.807) is 0 Å². The van der Waals surface area contributed by atoms with Gasteiger partial charge in [0.25, 0.3) is 0 Å². The van der Waals surface area contributed by atoms with Crippen molar-refractivity contribution in [3.8, 4) is 0 Å². The second-order valence-electron chi connectivity index (χ2n) is 6.32. The Hall–Kier alpha value is -0.120. The first-order valence-electron chi connectivity index (χ1n) is 7.81. The molecule has 0 aromatic heterocycles. The quantitative estimate of drug-likeness (QED) is 0.827. The lowest BCUT2D eigenvalue weighted by Gasteiger charge is -2.48. The predicted octanol–water partition coefficient (Wildman–Crippen LogP) is 1.79. The molecule has 3 nitrogen and oxygen atoms in total. The molecule has 1 N–H and O–H groups in total. The minimum atomic E-state index is 0.729. The van der Waals surface area contributed by atoms with Gasteiger partial charge in [-0.25, -0.2) is 0 Å². The van der Waals surface area contributed by atoms with Gasteiger partial charge in [-0.15, -0.1) is 0 Å². The number of piperidine rings is 2. The van der Waals surface area contributed by atoms with E-state index in [1.807, 2.05) is 0 Å². The molecule has 3 heteroatoms. The van der Waals surface area contributed by atoms with E-state index in [0.29, 0.717) is 0 Å². The predicted molar refractivity (Wildman–Crippen MR) is 77.9 cm³/mol. The van der Waals surface area contributed by atoms with Crippen LogP contribution >= 0.6 is 0 Å². The Labute approximate surface area is 113 Å². The Bertz CT molecular complexity index is 248. The number of hydrogen-bond donors (Lipinski definition) is 1. The van der Waals surface area contributed by atoms with Crippen LogP contribution in [-0.2, 0) is 0 Å². The van der Waals surface area contributed by atoms with E-state index >= 15 is 0 Å². The van der Waals surface area contributed by atoms with Crippen molar-refractivity contribution in [2.45, 2.75) is 58.2 Å². The molecule has 0 bridgehead atoms. The highest BCUT2D eigenvalue weighted by Gasteiger charge is 2.36. The third-order valence-electron chi connectivity index (χ3n) is 5.24. The smallest absolute Gasteiger partial charge is 0.0123 e. The monoisotopic (exact) mass is 253 g/mol. The summed E-state index contributed by atoms with van der Waals surface area (Å²) < 4.78 is 0.